The van der Waals surface area contributed by atoms with Crippen LogP contribution in [0.5, 0.6) is 0 Å². The molecule has 96 valence electrons. The zero-order valence-electron chi connectivity index (χ0n) is 10.6. The Bertz CT molecular complexity index is 635. The normalized spacial score (nSPS) is 41.4. The number of carbonyl (C=O) groups is 1. The Morgan fingerprint density at radius 2 is 2.21 bits per heavy atom. The van der Waals surface area contributed by atoms with Gasteiger partial charge in [0.2, 0.25) is 0 Å². The molecule has 1 aromatic carbocycles. The minimum Gasteiger partial charge on any atom is -0.462 e. The smallest absolute Gasteiger partial charge is 0.310 e. The number of hydrogen-bond acceptors (Lipinski definition) is 3. The third kappa shape index (κ3) is 1.03. The SMILES string of the molecule is O=C1O[C@H]2C[C@@H]3CCC4=Nc5ccccc5[C@@]4(C2)[C@H]13. The molecule has 1 spiro atoms. The van der Waals surface area contributed by atoms with Crippen molar-refractivity contribution in [3.05, 3.63) is 29.8 Å². The molecule has 0 amide bonds. The summed E-state index contributed by atoms with van der Waals surface area (Å²) in [6.07, 6.45) is 4.28. The first-order valence-electron chi connectivity index (χ1n) is 7.17. The summed E-state index contributed by atoms with van der Waals surface area (Å²) in [5.74, 6) is 0.551. The minimum atomic E-state index is -0.113. The first kappa shape index (κ1) is 10.2. The van der Waals surface area contributed by atoms with E-state index in [0.717, 1.165) is 31.4 Å². The van der Waals surface area contributed by atoms with Gasteiger partial charge in [-0.3, -0.25) is 9.79 Å². The number of ether oxygens (including phenoxy) is 1. The molecule has 4 atom stereocenters. The molecule has 4 bridgehead atoms. The van der Waals surface area contributed by atoms with Crippen LogP contribution in [-0.4, -0.2) is 17.8 Å². The maximum absolute atomic E-state index is 12.3. The van der Waals surface area contributed by atoms with Gasteiger partial charge in [0.05, 0.1) is 17.0 Å². The van der Waals surface area contributed by atoms with Crippen LogP contribution in [0.1, 0.15) is 31.2 Å². The molecule has 3 heteroatoms. The van der Waals surface area contributed by atoms with Crippen molar-refractivity contribution in [1.29, 1.82) is 0 Å². The van der Waals surface area contributed by atoms with Crippen LogP contribution in [0.25, 0.3) is 0 Å². The quantitative estimate of drug-likeness (QED) is 0.667. The molecule has 0 radical (unpaired) electrons. The van der Waals surface area contributed by atoms with E-state index in [0.29, 0.717) is 5.92 Å². The van der Waals surface area contributed by atoms with Gasteiger partial charge in [-0.25, -0.2) is 0 Å². The summed E-state index contributed by atoms with van der Waals surface area (Å²) in [5, 5.41) is 0. The third-order valence-corrected chi connectivity index (χ3v) is 5.56. The maximum atomic E-state index is 12.3. The Kier molecular flexibility index (Phi) is 1.65. The first-order chi connectivity index (χ1) is 9.29. The van der Waals surface area contributed by atoms with E-state index in [1.165, 1.54) is 11.3 Å². The van der Waals surface area contributed by atoms with E-state index in [9.17, 15) is 4.79 Å². The molecule has 0 N–H and O–H groups in total. The Hall–Kier alpha value is -1.64. The van der Waals surface area contributed by atoms with Crippen LogP contribution in [0, 0.1) is 11.8 Å². The van der Waals surface area contributed by atoms with Crippen LogP contribution < -0.4 is 0 Å². The Balaban J connectivity index is 1.80. The second-order valence-electron chi connectivity index (χ2n) is 6.32. The molecule has 0 aromatic heterocycles. The van der Waals surface area contributed by atoms with Crippen LogP contribution in [0.4, 0.5) is 5.69 Å². The van der Waals surface area contributed by atoms with E-state index in [-0.39, 0.29) is 23.4 Å². The lowest BCUT2D eigenvalue weighted by molar-refractivity contribution is -0.182. The van der Waals surface area contributed by atoms with Gasteiger partial charge < -0.3 is 4.74 Å². The Morgan fingerprint density at radius 1 is 1.32 bits per heavy atom. The summed E-state index contributed by atoms with van der Waals surface area (Å²) < 4.78 is 5.55. The number of aliphatic imine (C=N–C) groups is 1. The van der Waals surface area contributed by atoms with Crippen LogP contribution in [0.2, 0.25) is 0 Å². The number of rotatable bonds is 0. The largest absolute Gasteiger partial charge is 0.462 e. The van der Waals surface area contributed by atoms with Gasteiger partial charge in [0.25, 0.3) is 0 Å². The number of para-hydroxylation sites is 1. The lowest BCUT2D eigenvalue weighted by Gasteiger charge is -2.55. The summed E-state index contributed by atoms with van der Waals surface area (Å²) >= 11 is 0. The van der Waals surface area contributed by atoms with E-state index in [1.807, 2.05) is 6.07 Å². The molecular formula is C16H15NO2. The highest BCUT2D eigenvalue weighted by Crippen LogP contribution is 2.61. The molecule has 3 heterocycles. The highest BCUT2D eigenvalue weighted by Gasteiger charge is 2.64. The summed E-state index contributed by atoms with van der Waals surface area (Å²) in [7, 11) is 0. The second kappa shape index (κ2) is 3.09. The van der Waals surface area contributed by atoms with Gasteiger partial charge in [0.15, 0.2) is 0 Å². The molecule has 3 aliphatic heterocycles. The van der Waals surface area contributed by atoms with Gasteiger partial charge in [-0.1, -0.05) is 18.2 Å². The monoisotopic (exact) mass is 253 g/mol. The zero-order chi connectivity index (χ0) is 12.6. The average molecular weight is 253 g/mol. The standard InChI is InChI=1S/C16H15NO2/c18-15-14-9-5-6-13-16(14,8-10(7-9)19-15)11-3-1-2-4-12(11)17-13/h1-4,9-10,14H,5-8H2/t9-,10-,14-,16+/m0/s1. The molecule has 2 saturated heterocycles. The first-order valence-corrected chi connectivity index (χ1v) is 7.17. The van der Waals surface area contributed by atoms with Gasteiger partial charge in [0.1, 0.15) is 6.10 Å². The predicted octanol–water partition coefficient (Wildman–Crippen LogP) is 2.76. The van der Waals surface area contributed by atoms with Gasteiger partial charge in [-0.05, 0) is 36.8 Å². The average Bonchev–Trinajstić information content (AvgIpc) is 2.71. The van der Waals surface area contributed by atoms with E-state index >= 15 is 0 Å². The van der Waals surface area contributed by atoms with Crippen molar-refractivity contribution in [3.63, 3.8) is 0 Å². The second-order valence-corrected chi connectivity index (χ2v) is 6.32. The van der Waals surface area contributed by atoms with Gasteiger partial charge in [0, 0.05) is 12.1 Å². The fraction of sp³-hybridized carbons (Fsp3) is 0.500. The van der Waals surface area contributed by atoms with Crippen molar-refractivity contribution in [2.45, 2.75) is 37.2 Å². The Labute approximate surface area is 111 Å². The number of benzene rings is 1. The minimum absolute atomic E-state index is 0.0219. The molecule has 0 unspecified atom stereocenters. The lowest BCUT2D eigenvalue weighted by atomic mass is 9.50. The van der Waals surface area contributed by atoms with Crippen molar-refractivity contribution in [1.82, 2.24) is 0 Å². The van der Waals surface area contributed by atoms with E-state index in [4.69, 9.17) is 9.73 Å². The third-order valence-electron chi connectivity index (χ3n) is 5.56. The van der Waals surface area contributed by atoms with E-state index in [1.54, 1.807) is 0 Å². The molecule has 3 nitrogen and oxygen atoms in total. The molecule has 2 saturated carbocycles. The molecule has 1 aromatic rings. The van der Waals surface area contributed by atoms with Gasteiger partial charge >= 0.3 is 5.97 Å². The molecule has 6 rings (SSSR count). The lowest BCUT2D eigenvalue weighted by Crippen LogP contribution is -2.62. The van der Waals surface area contributed by atoms with Gasteiger partial charge in [-0.15, -0.1) is 0 Å². The van der Waals surface area contributed by atoms with Crippen molar-refractivity contribution in [2.24, 2.45) is 16.8 Å². The predicted molar refractivity (Wildman–Crippen MR) is 70.5 cm³/mol. The van der Waals surface area contributed by atoms with Crippen molar-refractivity contribution in [3.8, 4) is 0 Å². The van der Waals surface area contributed by atoms with Crippen molar-refractivity contribution >= 4 is 17.4 Å². The highest BCUT2D eigenvalue weighted by molar-refractivity contribution is 6.06. The molecular weight excluding hydrogens is 238 g/mol. The van der Waals surface area contributed by atoms with Crippen LogP contribution in [0.3, 0.4) is 0 Å². The number of carbonyl (C=O) groups excluding carboxylic acids is 1. The van der Waals surface area contributed by atoms with Crippen LogP contribution in [-0.2, 0) is 14.9 Å². The number of hydrogen-bond donors (Lipinski definition) is 0. The number of esters is 1. The van der Waals surface area contributed by atoms with E-state index in [2.05, 4.69) is 18.2 Å². The summed E-state index contributed by atoms with van der Waals surface area (Å²) in [6, 6.07) is 8.36. The molecule has 4 fully saturated rings. The molecule has 2 aliphatic carbocycles. The molecule has 5 aliphatic rings. The van der Waals surface area contributed by atoms with Crippen molar-refractivity contribution < 1.29 is 9.53 Å². The topological polar surface area (TPSA) is 38.7 Å². The number of nitrogens with zero attached hydrogens (tertiary/aromatic N) is 1. The van der Waals surface area contributed by atoms with Gasteiger partial charge in [-0.2, -0.15) is 0 Å². The summed E-state index contributed by atoms with van der Waals surface area (Å²) in [4.78, 5) is 17.2. The van der Waals surface area contributed by atoms with Crippen LogP contribution >= 0.6 is 0 Å². The van der Waals surface area contributed by atoms with E-state index < -0.39 is 0 Å². The fourth-order valence-corrected chi connectivity index (χ4v) is 4.98. The summed E-state index contributed by atoms with van der Waals surface area (Å²) in [5.41, 5.74) is 3.49. The number of fused-ring (bicyclic) bond motifs is 2. The van der Waals surface area contributed by atoms with Crippen LogP contribution in [0.15, 0.2) is 29.3 Å². The fourth-order valence-electron chi connectivity index (χ4n) is 4.98. The van der Waals surface area contributed by atoms with Crippen molar-refractivity contribution in [2.75, 3.05) is 0 Å². The zero-order valence-corrected chi connectivity index (χ0v) is 10.6. The highest BCUT2D eigenvalue weighted by atomic mass is 16.5. The maximum Gasteiger partial charge on any atom is 0.310 e. The Morgan fingerprint density at radius 3 is 3.11 bits per heavy atom. The summed E-state index contributed by atoms with van der Waals surface area (Å²) in [6.45, 7) is 0. The molecule has 19 heavy (non-hydrogen) atoms.